The predicted octanol–water partition coefficient (Wildman–Crippen LogP) is 6.03. The third-order valence-corrected chi connectivity index (χ3v) is 9.13. The zero-order valence-electron chi connectivity index (χ0n) is 24.3. The molecule has 0 N–H and O–H groups in total. The van der Waals surface area contributed by atoms with E-state index < -0.39 is 10.1 Å². The van der Waals surface area contributed by atoms with E-state index in [-0.39, 0.29) is 29.3 Å². The Morgan fingerprint density at radius 3 is 2.63 bits per heavy atom. The number of rotatable bonds is 9. The summed E-state index contributed by atoms with van der Waals surface area (Å²) < 4.78 is 49.9. The Bertz CT molecular complexity index is 1690. The standard InChI is InChI=1S/C33H35N3O6S/c1-23-6-14-30(15-7-23)43(37,38)42-29-19-26(20-29)9-8-25-10-12-27(13-11-25)31-21-28(35-41-31)22-36-17-16-34-33(36)24(2)40-32-5-3-4-18-39-32/h6-7,10-17,21,24,26,29,32H,3-5,18-20,22H2,1-2H3. The van der Waals surface area contributed by atoms with Crippen molar-refractivity contribution in [1.29, 1.82) is 0 Å². The van der Waals surface area contributed by atoms with Gasteiger partial charge < -0.3 is 18.6 Å². The number of nitrogens with zero attached hydrogens (tertiary/aromatic N) is 3. The van der Waals surface area contributed by atoms with Crippen molar-refractivity contribution in [2.24, 2.45) is 5.92 Å². The van der Waals surface area contributed by atoms with Crippen LogP contribution in [0.3, 0.4) is 0 Å². The lowest BCUT2D eigenvalue weighted by molar-refractivity contribution is -0.188. The van der Waals surface area contributed by atoms with Crippen molar-refractivity contribution in [2.75, 3.05) is 6.61 Å². The number of aromatic nitrogens is 3. The molecule has 2 atom stereocenters. The van der Waals surface area contributed by atoms with Crippen LogP contribution in [0.1, 0.15) is 67.8 Å². The van der Waals surface area contributed by atoms with E-state index in [1.54, 1.807) is 30.5 Å². The highest BCUT2D eigenvalue weighted by molar-refractivity contribution is 7.86. The van der Waals surface area contributed by atoms with Crippen molar-refractivity contribution >= 4 is 10.1 Å². The van der Waals surface area contributed by atoms with Crippen LogP contribution >= 0.6 is 0 Å². The fraction of sp³-hybridized carbons (Fsp3) is 0.394. The second-order valence-corrected chi connectivity index (χ2v) is 12.7. The molecule has 2 aromatic heterocycles. The lowest BCUT2D eigenvalue weighted by Crippen LogP contribution is -2.32. The van der Waals surface area contributed by atoms with Gasteiger partial charge in [-0.25, -0.2) is 4.98 Å². The molecule has 2 fully saturated rings. The third-order valence-electron chi connectivity index (χ3n) is 7.75. The summed E-state index contributed by atoms with van der Waals surface area (Å²) in [5.74, 6) is 8.03. The first kappa shape index (κ1) is 29.3. The van der Waals surface area contributed by atoms with Crippen molar-refractivity contribution in [2.45, 2.75) is 75.9 Å². The number of ether oxygens (including phenoxy) is 2. The molecule has 0 spiro atoms. The molecule has 3 heterocycles. The van der Waals surface area contributed by atoms with E-state index in [4.69, 9.17) is 18.2 Å². The summed E-state index contributed by atoms with van der Waals surface area (Å²) in [5, 5.41) is 4.27. The van der Waals surface area contributed by atoms with Gasteiger partial charge in [0.2, 0.25) is 0 Å². The van der Waals surface area contributed by atoms with Crippen molar-refractivity contribution in [3.8, 4) is 23.2 Å². The molecule has 2 aliphatic rings. The van der Waals surface area contributed by atoms with Crippen LogP contribution in [0.25, 0.3) is 11.3 Å². The highest BCUT2D eigenvalue weighted by atomic mass is 32.2. The Balaban J connectivity index is 1.01. The van der Waals surface area contributed by atoms with Crippen LogP contribution in [0.2, 0.25) is 0 Å². The zero-order valence-corrected chi connectivity index (χ0v) is 25.1. The topological polar surface area (TPSA) is 106 Å². The van der Waals surface area contributed by atoms with E-state index in [2.05, 4.69) is 22.0 Å². The average molecular weight is 602 g/mol. The van der Waals surface area contributed by atoms with E-state index in [9.17, 15) is 8.42 Å². The van der Waals surface area contributed by atoms with Gasteiger partial charge in [0.05, 0.1) is 17.5 Å². The average Bonchev–Trinajstić information content (AvgIpc) is 3.65. The van der Waals surface area contributed by atoms with E-state index in [0.29, 0.717) is 25.1 Å². The lowest BCUT2D eigenvalue weighted by Gasteiger charge is -2.30. The van der Waals surface area contributed by atoms with Crippen molar-refractivity contribution in [3.05, 3.63) is 89.6 Å². The number of hydrogen-bond donors (Lipinski definition) is 0. The summed E-state index contributed by atoms with van der Waals surface area (Å²) >= 11 is 0. The van der Waals surface area contributed by atoms with Gasteiger partial charge in [-0.15, -0.1) is 0 Å². The molecule has 0 radical (unpaired) electrons. The van der Waals surface area contributed by atoms with E-state index in [0.717, 1.165) is 54.1 Å². The first-order valence-electron chi connectivity index (χ1n) is 14.7. The van der Waals surface area contributed by atoms with Gasteiger partial charge in [0.1, 0.15) is 17.6 Å². The molecular formula is C33H35N3O6S. The van der Waals surface area contributed by atoms with Crippen molar-refractivity contribution in [3.63, 3.8) is 0 Å². The smallest absolute Gasteiger partial charge is 0.297 e. The Morgan fingerprint density at radius 1 is 1.09 bits per heavy atom. The SMILES string of the molecule is Cc1ccc(S(=O)(=O)OC2CC(C#Cc3ccc(-c4cc(Cn5ccnc5C(C)OC5CCCCO5)no4)cc3)C2)cc1. The monoisotopic (exact) mass is 601 g/mol. The predicted molar refractivity (Wildman–Crippen MR) is 159 cm³/mol. The summed E-state index contributed by atoms with van der Waals surface area (Å²) in [6.45, 7) is 5.15. The van der Waals surface area contributed by atoms with Crippen LogP contribution < -0.4 is 0 Å². The zero-order chi connectivity index (χ0) is 29.8. The molecular weight excluding hydrogens is 566 g/mol. The summed E-state index contributed by atoms with van der Waals surface area (Å²) in [4.78, 5) is 4.69. The Labute approximate surface area is 252 Å². The highest BCUT2D eigenvalue weighted by Gasteiger charge is 2.33. The first-order chi connectivity index (χ1) is 20.8. The molecule has 1 aliphatic heterocycles. The van der Waals surface area contributed by atoms with E-state index in [1.165, 1.54) is 0 Å². The first-order valence-corrected chi connectivity index (χ1v) is 16.1. The Hall–Kier alpha value is -3.75. The molecule has 6 rings (SSSR count). The summed E-state index contributed by atoms with van der Waals surface area (Å²) in [7, 11) is -3.76. The third kappa shape index (κ3) is 7.25. The fourth-order valence-corrected chi connectivity index (χ4v) is 6.32. The number of hydrogen-bond acceptors (Lipinski definition) is 8. The molecule has 1 aliphatic carbocycles. The van der Waals surface area contributed by atoms with E-state index in [1.807, 2.05) is 54.9 Å². The van der Waals surface area contributed by atoms with Gasteiger partial charge in [-0.05, 0) is 82.3 Å². The van der Waals surface area contributed by atoms with Gasteiger partial charge in [-0.3, -0.25) is 4.18 Å². The largest absolute Gasteiger partial charge is 0.356 e. The second-order valence-electron chi connectivity index (χ2n) is 11.2. The van der Waals surface area contributed by atoms with Gasteiger partial charge in [0.25, 0.3) is 10.1 Å². The van der Waals surface area contributed by atoms with Crippen LogP contribution in [-0.2, 0) is 30.3 Å². The van der Waals surface area contributed by atoms with Crippen LogP contribution in [0.4, 0.5) is 0 Å². The normalized spacial score (nSPS) is 21.0. The lowest BCUT2D eigenvalue weighted by atomic mass is 9.83. The molecule has 2 aromatic carbocycles. The van der Waals surface area contributed by atoms with Crippen LogP contribution in [0, 0.1) is 24.7 Å². The van der Waals surface area contributed by atoms with Crippen LogP contribution in [-0.4, -0.2) is 42.1 Å². The molecule has 9 nitrogen and oxygen atoms in total. The molecule has 1 saturated carbocycles. The quantitative estimate of drug-likeness (QED) is 0.169. The summed E-state index contributed by atoms with van der Waals surface area (Å²) in [6.07, 6.45) is 7.23. The number of imidazole rings is 1. The van der Waals surface area contributed by atoms with Gasteiger partial charge in [0, 0.05) is 42.1 Å². The second kappa shape index (κ2) is 12.9. The van der Waals surface area contributed by atoms with Gasteiger partial charge in [-0.1, -0.05) is 34.7 Å². The summed E-state index contributed by atoms with van der Waals surface area (Å²) in [5.41, 5.74) is 3.56. The molecule has 1 saturated heterocycles. The molecule has 43 heavy (non-hydrogen) atoms. The summed E-state index contributed by atoms with van der Waals surface area (Å²) in [6, 6.07) is 16.4. The van der Waals surface area contributed by atoms with Crippen molar-refractivity contribution in [1.82, 2.24) is 14.7 Å². The fourth-order valence-electron chi connectivity index (χ4n) is 5.22. The number of aryl methyl sites for hydroxylation is 1. The maximum atomic E-state index is 12.5. The van der Waals surface area contributed by atoms with Gasteiger partial charge >= 0.3 is 0 Å². The molecule has 224 valence electrons. The Morgan fingerprint density at radius 2 is 1.88 bits per heavy atom. The minimum absolute atomic E-state index is 0.103. The molecule has 4 aromatic rings. The number of benzene rings is 2. The minimum Gasteiger partial charge on any atom is -0.356 e. The van der Waals surface area contributed by atoms with Crippen LogP contribution in [0.15, 0.2) is 76.4 Å². The molecule has 10 heteroatoms. The molecule has 0 bridgehead atoms. The van der Waals surface area contributed by atoms with E-state index >= 15 is 0 Å². The highest BCUT2D eigenvalue weighted by Crippen LogP contribution is 2.32. The van der Waals surface area contributed by atoms with Crippen LogP contribution in [0.5, 0.6) is 0 Å². The van der Waals surface area contributed by atoms with Gasteiger partial charge in [0.15, 0.2) is 12.1 Å². The molecule has 0 amide bonds. The van der Waals surface area contributed by atoms with Crippen molar-refractivity contribution < 1.29 is 26.6 Å². The van der Waals surface area contributed by atoms with Gasteiger partial charge in [-0.2, -0.15) is 8.42 Å². The Kier molecular flexibility index (Phi) is 8.77. The molecule has 2 unspecified atom stereocenters. The maximum absolute atomic E-state index is 12.5. The maximum Gasteiger partial charge on any atom is 0.297 e. The minimum atomic E-state index is -3.76.